The summed E-state index contributed by atoms with van der Waals surface area (Å²) in [4.78, 5) is 27.8. The highest BCUT2D eigenvalue weighted by Crippen LogP contribution is 2.41. The minimum absolute atomic E-state index is 0.00567. The number of hydrogen-bond acceptors (Lipinski definition) is 6. The van der Waals surface area contributed by atoms with Gasteiger partial charge in [0.25, 0.3) is 11.7 Å². The van der Waals surface area contributed by atoms with Crippen LogP contribution in [0, 0.1) is 13.8 Å². The summed E-state index contributed by atoms with van der Waals surface area (Å²) in [6.07, 6.45) is 0.875. The van der Waals surface area contributed by atoms with Crippen molar-refractivity contribution in [1.82, 2.24) is 4.90 Å². The summed E-state index contributed by atoms with van der Waals surface area (Å²) in [7, 11) is 1.57. The number of aryl methyl sites for hydroxylation is 2. The Labute approximate surface area is 204 Å². The Kier molecular flexibility index (Phi) is 6.96. The van der Waals surface area contributed by atoms with Crippen molar-refractivity contribution in [3.8, 4) is 11.5 Å². The third kappa shape index (κ3) is 4.80. The van der Waals surface area contributed by atoms with Crippen molar-refractivity contribution in [2.45, 2.75) is 39.8 Å². The first-order valence-electron chi connectivity index (χ1n) is 11.6. The molecular formula is C28H29NO6. The van der Waals surface area contributed by atoms with Crippen LogP contribution in [0.4, 0.5) is 0 Å². The summed E-state index contributed by atoms with van der Waals surface area (Å²) in [5, 5.41) is 11.3. The molecule has 1 aliphatic rings. The molecule has 0 saturated carbocycles. The number of furan rings is 1. The molecule has 7 heteroatoms. The van der Waals surface area contributed by atoms with Gasteiger partial charge in [-0.1, -0.05) is 19.1 Å². The smallest absolute Gasteiger partial charge is 0.296 e. The summed E-state index contributed by atoms with van der Waals surface area (Å²) in [5.74, 6) is 0.693. The van der Waals surface area contributed by atoms with E-state index in [1.807, 2.05) is 32.0 Å². The van der Waals surface area contributed by atoms with E-state index in [2.05, 4.69) is 0 Å². The number of Topliss-reactive ketones (excluding diaryl/α,β-unsaturated/α-hetero) is 1. The van der Waals surface area contributed by atoms with Gasteiger partial charge in [-0.15, -0.1) is 0 Å². The van der Waals surface area contributed by atoms with Crippen LogP contribution in [-0.2, 0) is 16.1 Å². The lowest BCUT2D eigenvalue weighted by atomic mass is 9.98. The molecule has 1 saturated heterocycles. The fraction of sp³-hybridized carbons (Fsp3) is 0.286. The average Bonchev–Trinajstić information content (AvgIpc) is 3.39. The maximum Gasteiger partial charge on any atom is 0.296 e. The molecule has 3 aromatic rings. The first-order chi connectivity index (χ1) is 16.8. The number of ether oxygens (including phenoxy) is 2. The number of rotatable bonds is 8. The predicted octanol–water partition coefficient (Wildman–Crippen LogP) is 5.32. The number of carbonyl (C=O) groups excluding carboxylic acids is 2. The molecule has 1 atom stereocenters. The van der Waals surface area contributed by atoms with E-state index < -0.39 is 17.7 Å². The molecule has 1 amide bonds. The van der Waals surface area contributed by atoms with Crippen LogP contribution in [0.2, 0.25) is 0 Å². The Hall–Kier alpha value is -4.00. The lowest BCUT2D eigenvalue weighted by Gasteiger charge is -2.23. The zero-order chi connectivity index (χ0) is 25.1. The zero-order valence-electron chi connectivity index (χ0n) is 20.3. The molecule has 2 aromatic carbocycles. The van der Waals surface area contributed by atoms with Gasteiger partial charge in [0.1, 0.15) is 34.8 Å². The molecular weight excluding hydrogens is 446 g/mol. The minimum atomic E-state index is -0.869. The molecule has 0 bridgehead atoms. The standard InChI is InChI=1S/C28H29NO6/c1-5-13-34-22-12-10-20(14-17(22)2)26(30)24-25(23-11-9-18(3)35-23)29(28(32)27(24)31)16-19-7-6-8-21(15-19)33-4/h6-12,14-15,25,30H,5,13,16H2,1-4H3/b26-24-. The Morgan fingerprint density at radius 2 is 1.89 bits per heavy atom. The summed E-state index contributed by atoms with van der Waals surface area (Å²) < 4.78 is 16.9. The number of nitrogens with zero attached hydrogens (tertiary/aromatic N) is 1. The van der Waals surface area contributed by atoms with E-state index in [1.54, 1.807) is 50.4 Å². The molecule has 0 spiro atoms. The van der Waals surface area contributed by atoms with Crippen LogP contribution in [-0.4, -0.2) is 35.4 Å². The average molecular weight is 476 g/mol. The number of aliphatic hydroxyl groups is 1. The van der Waals surface area contributed by atoms with Crippen LogP contribution in [0.1, 0.15) is 47.6 Å². The maximum atomic E-state index is 13.2. The van der Waals surface area contributed by atoms with Gasteiger partial charge < -0.3 is 23.9 Å². The van der Waals surface area contributed by atoms with Crippen molar-refractivity contribution < 1.29 is 28.6 Å². The SMILES string of the molecule is CCCOc1ccc(/C(O)=C2/C(=O)C(=O)N(Cc3cccc(OC)c3)C2c2ccc(C)o2)cc1C. The van der Waals surface area contributed by atoms with Crippen LogP contribution in [0.5, 0.6) is 11.5 Å². The predicted molar refractivity (Wildman–Crippen MR) is 131 cm³/mol. The van der Waals surface area contributed by atoms with Crippen LogP contribution in [0.15, 0.2) is 64.6 Å². The lowest BCUT2D eigenvalue weighted by molar-refractivity contribution is -0.140. The Balaban J connectivity index is 1.79. The van der Waals surface area contributed by atoms with Crippen molar-refractivity contribution in [3.63, 3.8) is 0 Å². The second-order valence-corrected chi connectivity index (χ2v) is 8.56. The molecule has 1 N–H and O–H groups in total. The van der Waals surface area contributed by atoms with Crippen molar-refractivity contribution in [1.29, 1.82) is 0 Å². The molecule has 35 heavy (non-hydrogen) atoms. The van der Waals surface area contributed by atoms with Gasteiger partial charge in [-0.2, -0.15) is 0 Å². The first kappa shape index (κ1) is 24.1. The quantitative estimate of drug-likeness (QED) is 0.270. The monoisotopic (exact) mass is 475 g/mol. The van der Waals surface area contributed by atoms with E-state index in [1.165, 1.54) is 4.90 Å². The van der Waals surface area contributed by atoms with Crippen LogP contribution in [0.25, 0.3) is 5.76 Å². The molecule has 1 aliphatic heterocycles. The fourth-order valence-corrected chi connectivity index (χ4v) is 4.23. The second-order valence-electron chi connectivity index (χ2n) is 8.56. The van der Waals surface area contributed by atoms with Crippen LogP contribution in [0.3, 0.4) is 0 Å². The number of methoxy groups -OCH3 is 1. The normalized spacial score (nSPS) is 17.1. The van der Waals surface area contributed by atoms with Crippen molar-refractivity contribution in [3.05, 3.63) is 88.4 Å². The molecule has 1 fully saturated rings. The highest BCUT2D eigenvalue weighted by molar-refractivity contribution is 6.46. The molecule has 7 nitrogen and oxygen atoms in total. The fourth-order valence-electron chi connectivity index (χ4n) is 4.23. The summed E-state index contributed by atoms with van der Waals surface area (Å²) in [6.45, 7) is 6.41. The number of amides is 1. The zero-order valence-corrected chi connectivity index (χ0v) is 20.3. The van der Waals surface area contributed by atoms with Gasteiger partial charge in [0.2, 0.25) is 0 Å². The lowest BCUT2D eigenvalue weighted by Crippen LogP contribution is -2.29. The van der Waals surface area contributed by atoms with Crippen molar-refractivity contribution in [2.24, 2.45) is 0 Å². The van der Waals surface area contributed by atoms with Gasteiger partial charge in [-0.05, 0) is 73.9 Å². The van der Waals surface area contributed by atoms with Crippen molar-refractivity contribution in [2.75, 3.05) is 13.7 Å². The van der Waals surface area contributed by atoms with E-state index in [0.717, 1.165) is 17.5 Å². The second kappa shape index (κ2) is 10.1. The highest BCUT2D eigenvalue weighted by atomic mass is 16.5. The molecule has 2 heterocycles. The number of ketones is 1. The third-order valence-electron chi connectivity index (χ3n) is 5.97. The number of carbonyl (C=O) groups is 2. The summed E-state index contributed by atoms with van der Waals surface area (Å²) in [5.41, 5.74) is 2.03. The molecule has 1 unspecified atom stereocenters. The maximum absolute atomic E-state index is 13.2. The Morgan fingerprint density at radius 1 is 1.09 bits per heavy atom. The number of benzene rings is 2. The van der Waals surface area contributed by atoms with Crippen LogP contribution < -0.4 is 9.47 Å². The minimum Gasteiger partial charge on any atom is -0.507 e. The topological polar surface area (TPSA) is 89.2 Å². The van der Waals surface area contributed by atoms with Gasteiger partial charge in [0, 0.05) is 12.1 Å². The van der Waals surface area contributed by atoms with E-state index >= 15 is 0 Å². The summed E-state index contributed by atoms with van der Waals surface area (Å²) in [6, 6.07) is 15.1. The van der Waals surface area contributed by atoms with Crippen LogP contribution >= 0.6 is 0 Å². The Bertz CT molecular complexity index is 1290. The van der Waals surface area contributed by atoms with E-state index in [9.17, 15) is 14.7 Å². The molecule has 0 aliphatic carbocycles. The third-order valence-corrected chi connectivity index (χ3v) is 5.97. The number of aliphatic hydroxyl groups excluding tert-OH is 1. The molecule has 1 aromatic heterocycles. The molecule has 4 rings (SSSR count). The van der Waals surface area contributed by atoms with Gasteiger partial charge in [0.05, 0.1) is 19.3 Å². The van der Waals surface area contributed by atoms with E-state index in [0.29, 0.717) is 35.2 Å². The van der Waals surface area contributed by atoms with Gasteiger partial charge >= 0.3 is 0 Å². The molecule has 0 radical (unpaired) electrons. The first-order valence-corrected chi connectivity index (χ1v) is 11.6. The van der Waals surface area contributed by atoms with Gasteiger partial charge in [0.15, 0.2) is 0 Å². The van der Waals surface area contributed by atoms with Crippen molar-refractivity contribution >= 4 is 17.4 Å². The van der Waals surface area contributed by atoms with Gasteiger partial charge in [-0.3, -0.25) is 9.59 Å². The number of hydrogen-bond donors (Lipinski definition) is 1. The molecule has 182 valence electrons. The largest absolute Gasteiger partial charge is 0.507 e. The highest BCUT2D eigenvalue weighted by Gasteiger charge is 2.47. The van der Waals surface area contributed by atoms with E-state index in [-0.39, 0.29) is 17.9 Å². The Morgan fingerprint density at radius 3 is 2.54 bits per heavy atom. The van der Waals surface area contributed by atoms with Gasteiger partial charge in [-0.25, -0.2) is 0 Å². The van der Waals surface area contributed by atoms with E-state index in [4.69, 9.17) is 13.9 Å². The number of likely N-dealkylation sites (tertiary alicyclic amines) is 1. The summed E-state index contributed by atoms with van der Waals surface area (Å²) >= 11 is 0.